The molecule has 2 aromatic rings. The highest BCUT2D eigenvalue weighted by molar-refractivity contribution is 6.31. The van der Waals surface area contributed by atoms with Gasteiger partial charge in [0.05, 0.1) is 23.5 Å². The van der Waals surface area contributed by atoms with Crippen molar-refractivity contribution in [2.45, 2.75) is 24.8 Å². The van der Waals surface area contributed by atoms with Crippen LogP contribution in [-0.2, 0) is 11.8 Å². The van der Waals surface area contributed by atoms with E-state index in [0.29, 0.717) is 17.6 Å². The lowest BCUT2D eigenvalue weighted by atomic mass is 9.90. The van der Waals surface area contributed by atoms with Gasteiger partial charge in [0.15, 0.2) is 0 Å². The Labute approximate surface area is 176 Å². The molecule has 2 fully saturated rings. The SMILES string of the molecule is Cl.Cl.Cn1cc([C@H]2CNC[C@@H]2C(=O)Nc2cc(Cl)ccc2NC2CC2)cn1. The molecule has 4 rings (SSSR count). The molecule has 0 bridgehead atoms. The Morgan fingerprint density at radius 1 is 1.26 bits per heavy atom. The molecule has 0 spiro atoms. The lowest BCUT2D eigenvalue weighted by Crippen LogP contribution is -2.28. The van der Waals surface area contributed by atoms with Gasteiger partial charge in [0.1, 0.15) is 0 Å². The standard InChI is InChI=1S/C18H22ClN5O.2ClH/c1-24-10-11(7-21-24)14-8-20-9-15(14)18(25)23-17-6-12(19)2-5-16(17)22-13-3-4-13;;/h2,5-7,10,13-15,20,22H,3-4,8-9H2,1H3,(H,23,25);2*1H/t14-,15+;;/m1../s1. The number of amides is 1. The van der Waals surface area contributed by atoms with Crippen LogP contribution in [0.25, 0.3) is 0 Å². The Kier molecular flexibility index (Phi) is 7.40. The van der Waals surface area contributed by atoms with Gasteiger partial charge >= 0.3 is 0 Å². The van der Waals surface area contributed by atoms with Gasteiger partial charge in [-0.05, 0) is 36.6 Å². The maximum absolute atomic E-state index is 12.9. The van der Waals surface area contributed by atoms with Gasteiger partial charge in [-0.2, -0.15) is 5.10 Å². The zero-order valence-corrected chi connectivity index (χ0v) is 17.3. The molecule has 1 aliphatic heterocycles. The quantitative estimate of drug-likeness (QED) is 0.677. The fourth-order valence-electron chi connectivity index (χ4n) is 3.35. The summed E-state index contributed by atoms with van der Waals surface area (Å²) in [5.41, 5.74) is 2.78. The highest BCUT2D eigenvalue weighted by Crippen LogP contribution is 2.33. The van der Waals surface area contributed by atoms with Crippen molar-refractivity contribution in [2.24, 2.45) is 13.0 Å². The average molecular weight is 433 g/mol. The predicted octanol–water partition coefficient (Wildman–Crippen LogP) is 3.43. The van der Waals surface area contributed by atoms with Crippen LogP contribution < -0.4 is 16.0 Å². The zero-order valence-electron chi connectivity index (χ0n) is 14.9. The molecular weight excluding hydrogens is 409 g/mol. The summed E-state index contributed by atoms with van der Waals surface area (Å²) in [5, 5.41) is 14.7. The molecule has 1 amide bonds. The number of nitrogens with one attached hydrogen (secondary N) is 3. The summed E-state index contributed by atoms with van der Waals surface area (Å²) in [6, 6.07) is 6.10. The Hall–Kier alpha value is -1.47. The van der Waals surface area contributed by atoms with Gasteiger partial charge in [-0.15, -0.1) is 24.8 Å². The van der Waals surface area contributed by atoms with E-state index in [-0.39, 0.29) is 42.6 Å². The van der Waals surface area contributed by atoms with Crippen LogP contribution in [0.2, 0.25) is 5.02 Å². The number of benzene rings is 1. The van der Waals surface area contributed by atoms with Crippen molar-refractivity contribution in [3.05, 3.63) is 41.2 Å². The van der Waals surface area contributed by atoms with Crippen LogP contribution in [0, 0.1) is 5.92 Å². The number of aromatic nitrogens is 2. The molecule has 2 heterocycles. The maximum Gasteiger partial charge on any atom is 0.229 e. The summed E-state index contributed by atoms with van der Waals surface area (Å²) in [6.45, 7) is 1.45. The molecule has 1 aliphatic carbocycles. The van der Waals surface area contributed by atoms with E-state index in [9.17, 15) is 4.79 Å². The predicted molar refractivity (Wildman–Crippen MR) is 114 cm³/mol. The van der Waals surface area contributed by atoms with E-state index >= 15 is 0 Å². The summed E-state index contributed by atoms with van der Waals surface area (Å²) in [6.07, 6.45) is 6.17. The summed E-state index contributed by atoms with van der Waals surface area (Å²) < 4.78 is 1.78. The number of aryl methyl sites for hydroxylation is 1. The first-order valence-electron chi connectivity index (χ1n) is 8.66. The molecule has 1 saturated carbocycles. The van der Waals surface area contributed by atoms with Crippen molar-refractivity contribution in [1.82, 2.24) is 15.1 Å². The minimum absolute atomic E-state index is 0. The second-order valence-electron chi connectivity index (χ2n) is 6.92. The zero-order chi connectivity index (χ0) is 17.4. The number of hydrogen-bond acceptors (Lipinski definition) is 4. The van der Waals surface area contributed by atoms with Crippen LogP contribution in [0.15, 0.2) is 30.6 Å². The van der Waals surface area contributed by atoms with Crippen LogP contribution in [0.1, 0.15) is 24.3 Å². The number of halogens is 3. The first-order chi connectivity index (χ1) is 12.1. The van der Waals surface area contributed by atoms with Crippen LogP contribution >= 0.6 is 36.4 Å². The number of carbonyl (C=O) groups is 1. The Morgan fingerprint density at radius 3 is 2.70 bits per heavy atom. The lowest BCUT2D eigenvalue weighted by Gasteiger charge is -2.19. The van der Waals surface area contributed by atoms with E-state index in [1.807, 2.05) is 37.6 Å². The second kappa shape index (κ2) is 9.15. The van der Waals surface area contributed by atoms with E-state index in [2.05, 4.69) is 21.0 Å². The van der Waals surface area contributed by atoms with Crippen molar-refractivity contribution >= 4 is 53.7 Å². The van der Waals surface area contributed by atoms with E-state index in [1.54, 1.807) is 4.68 Å². The van der Waals surface area contributed by atoms with Gasteiger partial charge in [-0.25, -0.2) is 0 Å². The first-order valence-corrected chi connectivity index (χ1v) is 9.04. The number of hydrogen-bond donors (Lipinski definition) is 3. The van der Waals surface area contributed by atoms with Gasteiger partial charge < -0.3 is 16.0 Å². The largest absolute Gasteiger partial charge is 0.381 e. The molecule has 2 atom stereocenters. The van der Waals surface area contributed by atoms with Crippen LogP contribution in [-0.4, -0.2) is 34.8 Å². The molecule has 6 nitrogen and oxygen atoms in total. The van der Waals surface area contributed by atoms with Crippen molar-refractivity contribution in [1.29, 1.82) is 0 Å². The fraction of sp³-hybridized carbons (Fsp3) is 0.444. The van der Waals surface area contributed by atoms with Crippen molar-refractivity contribution in [3.8, 4) is 0 Å². The number of nitrogens with zero attached hydrogens (tertiary/aromatic N) is 2. The maximum atomic E-state index is 12.9. The van der Waals surface area contributed by atoms with Crippen molar-refractivity contribution in [3.63, 3.8) is 0 Å². The molecule has 27 heavy (non-hydrogen) atoms. The molecule has 148 valence electrons. The smallest absolute Gasteiger partial charge is 0.229 e. The molecular formula is C18H24Cl3N5O. The molecule has 0 radical (unpaired) electrons. The van der Waals surface area contributed by atoms with Gasteiger partial charge in [0.25, 0.3) is 0 Å². The van der Waals surface area contributed by atoms with E-state index in [0.717, 1.165) is 23.5 Å². The molecule has 3 N–H and O–H groups in total. The third-order valence-corrected chi connectivity index (χ3v) is 5.12. The van der Waals surface area contributed by atoms with Gasteiger partial charge in [-0.1, -0.05) is 11.6 Å². The molecule has 1 aromatic heterocycles. The summed E-state index contributed by atoms with van der Waals surface area (Å²) in [7, 11) is 1.89. The molecule has 2 aliphatic rings. The molecule has 1 aromatic carbocycles. The van der Waals surface area contributed by atoms with E-state index in [1.165, 1.54) is 12.8 Å². The van der Waals surface area contributed by atoms with E-state index < -0.39 is 0 Å². The average Bonchev–Trinajstić information content (AvgIpc) is 3.08. The third kappa shape index (κ3) is 5.08. The van der Waals surface area contributed by atoms with Crippen molar-refractivity contribution in [2.75, 3.05) is 23.7 Å². The number of anilines is 2. The Morgan fingerprint density at radius 2 is 2.04 bits per heavy atom. The van der Waals surface area contributed by atoms with Gasteiger partial charge in [0.2, 0.25) is 5.91 Å². The molecule has 0 unspecified atom stereocenters. The fourth-order valence-corrected chi connectivity index (χ4v) is 3.53. The highest BCUT2D eigenvalue weighted by atomic mass is 35.5. The highest BCUT2D eigenvalue weighted by Gasteiger charge is 2.35. The number of carbonyl (C=O) groups excluding carboxylic acids is 1. The Bertz CT molecular complexity index is 793. The lowest BCUT2D eigenvalue weighted by molar-refractivity contribution is -0.119. The first kappa shape index (κ1) is 21.8. The summed E-state index contributed by atoms with van der Waals surface area (Å²) in [5.74, 6) is 0.0182. The molecule has 9 heteroatoms. The normalized spacial score (nSPS) is 21.1. The van der Waals surface area contributed by atoms with Crippen LogP contribution in [0.3, 0.4) is 0 Å². The monoisotopic (exact) mass is 431 g/mol. The van der Waals surface area contributed by atoms with Gasteiger partial charge in [0, 0.05) is 43.3 Å². The van der Waals surface area contributed by atoms with Crippen LogP contribution in [0.5, 0.6) is 0 Å². The Balaban J connectivity index is 0.00000131. The van der Waals surface area contributed by atoms with Gasteiger partial charge in [-0.3, -0.25) is 9.48 Å². The third-order valence-electron chi connectivity index (χ3n) is 4.88. The minimum Gasteiger partial charge on any atom is -0.381 e. The van der Waals surface area contributed by atoms with E-state index in [4.69, 9.17) is 11.6 Å². The summed E-state index contributed by atoms with van der Waals surface area (Å²) >= 11 is 6.14. The summed E-state index contributed by atoms with van der Waals surface area (Å²) in [4.78, 5) is 12.9. The second-order valence-corrected chi connectivity index (χ2v) is 7.35. The van der Waals surface area contributed by atoms with Crippen molar-refractivity contribution < 1.29 is 4.79 Å². The molecule has 1 saturated heterocycles. The number of rotatable bonds is 5. The minimum atomic E-state index is -0.128. The topological polar surface area (TPSA) is 71.0 Å². The van der Waals surface area contributed by atoms with Crippen LogP contribution in [0.4, 0.5) is 11.4 Å².